The van der Waals surface area contributed by atoms with Crippen LogP contribution in [0, 0.1) is 36.5 Å². The Morgan fingerprint density at radius 1 is 0.762 bits per heavy atom. The first-order valence-corrected chi connectivity index (χ1v) is 21.5. The van der Waals surface area contributed by atoms with Crippen LogP contribution in [0.25, 0.3) is 11.1 Å². The largest absolute Gasteiger partial charge is 0.127 e. The Balaban J connectivity index is 1.32. The molecule has 6 rings (SSSR count). The highest BCUT2D eigenvalue weighted by atomic mass is 32.2. The van der Waals surface area contributed by atoms with Gasteiger partial charge in [0.1, 0.15) is 0 Å². The van der Waals surface area contributed by atoms with Gasteiger partial charge in [-0.2, -0.15) is 0 Å². The Kier molecular flexibility index (Phi) is 8.09. The van der Waals surface area contributed by atoms with E-state index in [4.69, 9.17) is 0 Å². The van der Waals surface area contributed by atoms with Gasteiger partial charge >= 0.3 is 0 Å². The molecule has 0 radical (unpaired) electrons. The molecule has 0 bridgehead atoms. The molecule has 0 saturated heterocycles. The van der Waals surface area contributed by atoms with E-state index in [1.807, 2.05) is 0 Å². The molecule has 8 atom stereocenters. The number of fused-ring (bicyclic) bond motifs is 2. The van der Waals surface area contributed by atoms with E-state index in [2.05, 4.69) is 147 Å². The lowest BCUT2D eigenvalue weighted by Gasteiger charge is -2.46. The van der Waals surface area contributed by atoms with Crippen molar-refractivity contribution in [2.45, 2.75) is 115 Å². The summed E-state index contributed by atoms with van der Waals surface area (Å²) < 4.78 is 0. The zero-order chi connectivity index (χ0) is 30.3. The Hall–Kier alpha value is -1.16. The molecule has 2 aromatic carbocycles. The van der Waals surface area contributed by atoms with Crippen LogP contribution >= 0.6 is 23.5 Å². The molecule has 3 heteroatoms. The van der Waals surface area contributed by atoms with Gasteiger partial charge in [0.2, 0.25) is 0 Å². The van der Waals surface area contributed by atoms with Gasteiger partial charge in [0.15, 0.2) is 0 Å². The van der Waals surface area contributed by atoms with Gasteiger partial charge in [0, 0.05) is 10.5 Å². The molecule has 4 aliphatic rings. The van der Waals surface area contributed by atoms with Crippen molar-refractivity contribution in [2.75, 3.05) is 0 Å². The maximum atomic E-state index is 2.84. The fourth-order valence-corrected chi connectivity index (χ4v) is 21.7. The lowest BCUT2D eigenvalue weighted by atomic mass is 9.84. The summed E-state index contributed by atoms with van der Waals surface area (Å²) in [4.78, 5) is 3.22. The second kappa shape index (κ2) is 11.0. The Morgan fingerprint density at radius 3 is 1.93 bits per heavy atom. The van der Waals surface area contributed by atoms with E-state index in [1.54, 1.807) is 21.0 Å². The minimum absolute atomic E-state index is 0.200. The molecule has 2 aliphatic heterocycles. The fraction of sp³-hybridized carbons (Fsp3) is 0.590. The molecule has 0 nitrogen and oxygen atoms in total. The summed E-state index contributed by atoms with van der Waals surface area (Å²) in [5.41, 5.74) is 11.3. The molecule has 2 aliphatic carbocycles. The van der Waals surface area contributed by atoms with Crippen molar-refractivity contribution >= 4 is 42.7 Å². The van der Waals surface area contributed by atoms with Crippen molar-refractivity contribution in [1.82, 2.24) is 0 Å². The average Bonchev–Trinajstić information content (AvgIpc) is 3.60. The summed E-state index contributed by atoms with van der Waals surface area (Å²) in [6, 6.07) is 18.9. The molecule has 2 fully saturated rings. The van der Waals surface area contributed by atoms with Crippen molar-refractivity contribution in [2.24, 2.45) is 29.6 Å². The summed E-state index contributed by atoms with van der Waals surface area (Å²) in [6.07, 6.45) is 2.76. The number of hydrogen-bond donors (Lipinski definition) is 0. The van der Waals surface area contributed by atoms with Gasteiger partial charge in [-0.1, -0.05) is 103 Å². The minimum Gasteiger partial charge on any atom is -0.127 e. The monoisotopic (exact) mass is 614 g/mol. The second-order valence-corrected chi connectivity index (χ2v) is 24.0. The number of benzene rings is 2. The molecular formula is C39H54S2Si. The predicted octanol–water partition coefficient (Wildman–Crippen LogP) is 12.1. The Bertz CT molecular complexity index is 1400. The molecule has 42 heavy (non-hydrogen) atoms. The van der Waals surface area contributed by atoms with Crippen LogP contribution in [0.15, 0.2) is 58.3 Å². The number of hydrogen-bond acceptors (Lipinski definition) is 2. The zero-order valence-corrected chi connectivity index (χ0v) is 30.7. The van der Waals surface area contributed by atoms with Gasteiger partial charge < -0.3 is 0 Å². The number of thioether (sulfide) groups is 2. The lowest BCUT2D eigenvalue weighted by Crippen LogP contribution is -2.48. The standard InChI is InChI=1S/C39H54S2Si/c1-22(2)30-21-32-33(27-16-18-28(19-17-27)39(7,8)9)25(5)40-36(32)38(30)42(10,11)37-24(4)20-31-34(26(6)41-35(31)37)29-15-13-12-14-23(29)3/h12-19,22,24,30-32,35-38H,20-21H2,1-11H3. The normalized spacial score (nSPS) is 33.2. The third-order valence-corrected chi connectivity index (χ3v) is 20.5. The van der Waals surface area contributed by atoms with E-state index in [0.29, 0.717) is 5.92 Å². The first-order valence-electron chi connectivity index (χ1n) is 16.6. The van der Waals surface area contributed by atoms with Crippen molar-refractivity contribution in [3.05, 3.63) is 80.6 Å². The first-order chi connectivity index (χ1) is 19.7. The van der Waals surface area contributed by atoms with Crippen molar-refractivity contribution in [1.29, 1.82) is 0 Å². The SMILES string of the molecule is CC1=C(c2ccccc2C)C2CC(C)C([Si](C)(C)C3C(C(C)C)CC4C(c5ccc(C(C)(C)C)cc5)=C(C)SC43)C2S1. The summed E-state index contributed by atoms with van der Waals surface area (Å²) >= 11 is 4.57. The smallest absolute Gasteiger partial charge is 0.0564 e. The van der Waals surface area contributed by atoms with E-state index in [-0.39, 0.29) is 5.41 Å². The first kappa shape index (κ1) is 30.8. The van der Waals surface area contributed by atoms with Crippen molar-refractivity contribution in [3.63, 3.8) is 0 Å². The van der Waals surface area contributed by atoms with E-state index < -0.39 is 8.07 Å². The molecule has 0 amide bonds. The Labute approximate surface area is 267 Å². The van der Waals surface area contributed by atoms with Crippen LogP contribution in [-0.2, 0) is 5.41 Å². The quantitative estimate of drug-likeness (QED) is 0.307. The summed E-state index contributed by atoms with van der Waals surface area (Å²) in [5.74, 6) is 3.85. The van der Waals surface area contributed by atoms with Gasteiger partial charge in [-0.15, -0.1) is 23.5 Å². The molecule has 2 aromatic rings. The van der Waals surface area contributed by atoms with Crippen LogP contribution in [0.1, 0.15) is 90.5 Å². The molecule has 0 N–H and O–H groups in total. The molecule has 2 saturated carbocycles. The van der Waals surface area contributed by atoms with Crippen LogP contribution in [0.5, 0.6) is 0 Å². The summed E-state index contributed by atoms with van der Waals surface area (Å²) in [6.45, 7) is 27.6. The molecule has 2 heterocycles. The van der Waals surface area contributed by atoms with Gasteiger partial charge in [0.05, 0.1) is 8.07 Å². The molecule has 226 valence electrons. The van der Waals surface area contributed by atoms with Crippen LogP contribution in [0.3, 0.4) is 0 Å². The van der Waals surface area contributed by atoms with Crippen molar-refractivity contribution < 1.29 is 0 Å². The van der Waals surface area contributed by atoms with Crippen LogP contribution < -0.4 is 0 Å². The molecule has 8 unspecified atom stereocenters. The highest BCUT2D eigenvalue weighted by Crippen LogP contribution is 2.69. The summed E-state index contributed by atoms with van der Waals surface area (Å²) in [7, 11) is -1.66. The Morgan fingerprint density at radius 2 is 1.33 bits per heavy atom. The third-order valence-electron chi connectivity index (χ3n) is 11.9. The average molecular weight is 615 g/mol. The predicted molar refractivity (Wildman–Crippen MR) is 193 cm³/mol. The minimum atomic E-state index is -1.66. The highest BCUT2D eigenvalue weighted by molar-refractivity contribution is 8.04. The van der Waals surface area contributed by atoms with Gasteiger partial charge in [-0.05, 0) is 123 Å². The topological polar surface area (TPSA) is 0 Å². The maximum Gasteiger partial charge on any atom is 0.0564 e. The van der Waals surface area contributed by atoms with E-state index in [0.717, 1.165) is 45.3 Å². The zero-order valence-electron chi connectivity index (χ0n) is 28.0. The second-order valence-electron chi connectivity index (χ2n) is 16.2. The third kappa shape index (κ3) is 4.96. The van der Waals surface area contributed by atoms with Gasteiger partial charge in [-0.25, -0.2) is 0 Å². The highest BCUT2D eigenvalue weighted by Gasteiger charge is 2.62. The van der Waals surface area contributed by atoms with E-state index >= 15 is 0 Å². The molecule has 0 spiro atoms. The number of rotatable bonds is 5. The van der Waals surface area contributed by atoms with E-state index in [9.17, 15) is 0 Å². The van der Waals surface area contributed by atoms with Crippen molar-refractivity contribution in [3.8, 4) is 0 Å². The number of aryl methyl sites for hydroxylation is 1. The van der Waals surface area contributed by atoms with E-state index in [1.165, 1.54) is 35.1 Å². The maximum absolute atomic E-state index is 2.84. The van der Waals surface area contributed by atoms with Crippen LogP contribution in [-0.4, -0.2) is 18.6 Å². The van der Waals surface area contributed by atoms with Gasteiger partial charge in [0.25, 0.3) is 0 Å². The molecular weight excluding hydrogens is 561 g/mol. The summed E-state index contributed by atoms with van der Waals surface area (Å²) in [5, 5.41) is 1.53. The van der Waals surface area contributed by atoms with Crippen LogP contribution in [0.4, 0.5) is 0 Å². The van der Waals surface area contributed by atoms with Crippen LogP contribution in [0.2, 0.25) is 24.2 Å². The molecule has 0 aromatic heterocycles. The number of allylic oxidation sites excluding steroid dienone is 4. The van der Waals surface area contributed by atoms with Gasteiger partial charge in [-0.3, -0.25) is 0 Å². The fourth-order valence-electron chi connectivity index (χ4n) is 10.1. The lowest BCUT2D eigenvalue weighted by molar-refractivity contribution is 0.380.